The second kappa shape index (κ2) is 4.66. The Morgan fingerprint density at radius 1 is 1.53 bits per heavy atom. The van der Waals surface area contributed by atoms with E-state index < -0.39 is 11.9 Å². The third-order valence-corrected chi connectivity index (χ3v) is 3.92. The van der Waals surface area contributed by atoms with Crippen molar-refractivity contribution in [3.05, 3.63) is 27.7 Å². The summed E-state index contributed by atoms with van der Waals surface area (Å²) in [6.45, 7) is 0.201. The van der Waals surface area contributed by atoms with Gasteiger partial charge >= 0.3 is 5.97 Å². The van der Waals surface area contributed by atoms with Gasteiger partial charge in [-0.05, 0) is 34.1 Å². The highest BCUT2D eigenvalue weighted by Gasteiger charge is 2.35. The molecule has 0 spiro atoms. The molecular weight excluding hydrogens is 309 g/mol. The fraction of sp³-hybridized carbons (Fsp3) is 0.273. The predicted octanol–water partition coefficient (Wildman–Crippen LogP) is 2.54. The number of halogens is 2. The molecule has 6 heteroatoms. The lowest BCUT2D eigenvalue weighted by Gasteiger charge is -2.16. The molecule has 0 aliphatic carbocycles. The van der Waals surface area contributed by atoms with Gasteiger partial charge in [-0.3, -0.25) is 9.59 Å². The van der Waals surface area contributed by atoms with Crippen molar-refractivity contribution in [2.75, 3.05) is 11.4 Å². The van der Waals surface area contributed by atoms with Crippen LogP contribution in [0.3, 0.4) is 0 Å². The van der Waals surface area contributed by atoms with Crippen LogP contribution in [0.1, 0.15) is 6.42 Å². The third-order valence-electron chi connectivity index (χ3n) is 2.69. The second-order valence-corrected chi connectivity index (χ2v) is 5.10. The summed E-state index contributed by atoms with van der Waals surface area (Å²) in [5.74, 6) is -1.76. The van der Waals surface area contributed by atoms with Crippen molar-refractivity contribution < 1.29 is 14.7 Å². The molecule has 1 fully saturated rings. The molecule has 0 radical (unpaired) electrons. The molecule has 1 heterocycles. The molecule has 1 aliphatic heterocycles. The smallest absolute Gasteiger partial charge is 0.308 e. The first kappa shape index (κ1) is 12.4. The van der Waals surface area contributed by atoms with Crippen molar-refractivity contribution in [1.29, 1.82) is 0 Å². The standard InChI is InChI=1S/C11H9BrClNO3/c12-8-2-1-7(4-9(8)13)14-5-6(11(16)17)3-10(14)15/h1-2,4,6H,3,5H2,(H,16,17)/t6-/m1/s1. The molecule has 0 bridgehead atoms. The lowest BCUT2D eigenvalue weighted by atomic mass is 10.1. The van der Waals surface area contributed by atoms with Gasteiger partial charge in [0.15, 0.2) is 0 Å². The van der Waals surface area contributed by atoms with E-state index in [1.807, 2.05) is 0 Å². The largest absolute Gasteiger partial charge is 0.481 e. The second-order valence-electron chi connectivity index (χ2n) is 3.84. The molecule has 1 amide bonds. The van der Waals surface area contributed by atoms with Crippen molar-refractivity contribution >= 4 is 45.1 Å². The average molecular weight is 319 g/mol. The highest BCUT2D eigenvalue weighted by atomic mass is 79.9. The zero-order valence-electron chi connectivity index (χ0n) is 8.69. The fourth-order valence-electron chi connectivity index (χ4n) is 1.78. The Balaban J connectivity index is 2.26. The van der Waals surface area contributed by atoms with Crippen LogP contribution in [0.25, 0.3) is 0 Å². The summed E-state index contributed by atoms with van der Waals surface area (Å²) in [7, 11) is 0. The number of carboxylic acid groups (broad SMARTS) is 1. The molecule has 1 saturated heterocycles. The van der Waals surface area contributed by atoms with E-state index in [0.717, 1.165) is 4.47 Å². The minimum atomic E-state index is -0.941. The predicted molar refractivity (Wildman–Crippen MR) is 67.2 cm³/mol. The minimum Gasteiger partial charge on any atom is -0.481 e. The van der Waals surface area contributed by atoms with Crippen molar-refractivity contribution in [3.63, 3.8) is 0 Å². The number of hydrogen-bond donors (Lipinski definition) is 1. The first-order valence-corrected chi connectivity index (χ1v) is 6.14. The Hall–Kier alpha value is -1.07. The maximum Gasteiger partial charge on any atom is 0.308 e. The van der Waals surface area contributed by atoms with Gasteiger partial charge in [-0.2, -0.15) is 0 Å². The van der Waals surface area contributed by atoms with Gasteiger partial charge in [0.1, 0.15) is 0 Å². The van der Waals surface area contributed by atoms with Crippen LogP contribution in [-0.2, 0) is 9.59 Å². The summed E-state index contributed by atoms with van der Waals surface area (Å²) in [5.41, 5.74) is 0.631. The fourth-order valence-corrected chi connectivity index (χ4v) is 2.20. The van der Waals surface area contributed by atoms with E-state index in [4.69, 9.17) is 16.7 Å². The van der Waals surface area contributed by atoms with Gasteiger partial charge in [0.05, 0.1) is 10.9 Å². The van der Waals surface area contributed by atoms with Gasteiger partial charge in [0, 0.05) is 23.1 Å². The lowest BCUT2D eigenvalue weighted by molar-refractivity contribution is -0.141. The van der Waals surface area contributed by atoms with Crippen molar-refractivity contribution in [2.24, 2.45) is 5.92 Å². The maximum atomic E-state index is 11.7. The Morgan fingerprint density at radius 3 is 2.76 bits per heavy atom. The molecule has 1 atom stereocenters. The summed E-state index contributed by atoms with van der Waals surface area (Å²) in [4.78, 5) is 24.0. The number of benzene rings is 1. The molecular formula is C11H9BrClNO3. The Morgan fingerprint density at radius 2 is 2.24 bits per heavy atom. The van der Waals surface area contributed by atoms with Crippen molar-refractivity contribution in [1.82, 2.24) is 0 Å². The molecule has 0 unspecified atom stereocenters. The van der Waals surface area contributed by atoms with E-state index in [-0.39, 0.29) is 18.9 Å². The Bertz CT molecular complexity index is 492. The van der Waals surface area contributed by atoms with E-state index in [1.54, 1.807) is 18.2 Å². The molecule has 1 N–H and O–H groups in total. The number of nitrogens with zero attached hydrogens (tertiary/aromatic N) is 1. The molecule has 1 aromatic carbocycles. The van der Waals surface area contributed by atoms with E-state index in [2.05, 4.69) is 15.9 Å². The highest BCUT2D eigenvalue weighted by molar-refractivity contribution is 9.10. The van der Waals surface area contributed by atoms with Crippen LogP contribution in [0.15, 0.2) is 22.7 Å². The number of carbonyl (C=O) groups is 2. The van der Waals surface area contributed by atoms with Crippen LogP contribution < -0.4 is 4.90 Å². The molecule has 1 aliphatic rings. The molecule has 4 nitrogen and oxygen atoms in total. The number of carbonyl (C=O) groups excluding carboxylic acids is 1. The van der Waals surface area contributed by atoms with E-state index in [9.17, 15) is 9.59 Å². The third kappa shape index (κ3) is 2.45. The molecule has 0 aromatic heterocycles. The first-order chi connectivity index (χ1) is 7.99. The van der Waals surface area contributed by atoms with Gasteiger partial charge in [-0.15, -0.1) is 0 Å². The van der Waals surface area contributed by atoms with Gasteiger partial charge in [-0.1, -0.05) is 11.6 Å². The maximum absolute atomic E-state index is 11.7. The van der Waals surface area contributed by atoms with Crippen LogP contribution in [-0.4, -0.2) is 23.5 Å². The van der Waals surface area contributed by atoms with Crippen molar-refractivity contribution in [3.8, 4) is 0 Å². The zero-order valence-corrected chi connectivity index (χ0v) is 11.0. The number of rotatable bonds is 2. The van der Waals surface area contributed by atoms with Gasteiger partial charge in [0.25, 0.3) is 0 Å². The summed E-state index contributed by atoms with van der Waals surface area (Å²) >= 11 is 9.20. The molecule has 17 heavy (non-hydrogen) atoms. The van der Waals surface area contributed by atoms with Crippen LogP contribution in [0.5, 0.6) is 0 Å². The van der Waals surface area contributed by atoms with Gasteiger partial charge < -0.3 is 10.0 Å². The van der Waals surface area contributed by atoms with E-state index >= 15 is 0 Å². The van der Waals surface area contributed by atoms with Gasteiger partial charge in [0.2, 0.25) is 5.91 Å². The normalized spacial score (nSPS) is 19.8. The summed E-state index contributed by atoms with van der Waals surface area (Å²) in [6, 6.07) is 5.12. The summed E-state index contributed by atoms with van der Waals surface area (Å²) in [6.07, 6.45) is 0.0447. The number of anilines is 1. The van der Waals surface area contributed by atoms with E-state index in [0.29, 0.717) is 10.7 Å². The minimum absolute atomic E-state index is 0.0447. The van der Waals surface area contributed by atoms with Crippen LogP contribution in [0.4, 0.5) is 5.69 Å². The summed E-state index contributed by atoms with van der Waals surface area (Å²) in [5, 5.41) is 9.38. The van der Waals surface area contributed by atoms with Gasteiger partial charge in [-0.25, -0.2) is 0 Å². The topological polar surface area (TPSA) is 57.6 Å². The number of carboxylic acids is 1. The number of amides is 1. The lowest BCUT2D eigenvalue weighted by Crippen LogP contribution is -2.25. The monoisotopic (exact) mass is 317 g/mol. The Labute approximate surface area is 111 Å². The molecule has 1 aromatic rings. The van der Waals surface area contributed by atoms with Crippen LogP contribution >= 0.6 is 27.5 Å². The zero-order chi connectivity index (χ0) is 12.6. The molecule has 90 valence electrons. The summed E-state index contributed by atoms with van der Waals surface area (Å²) < 4.78 is 0.740. The van der Waals surface area contributed by atoms with Crippen LogP contribution in [0, 0.1) is 5.92 Å². The average Bonchev–Trinajstić information content (AvgIpc) is 2.65. The molecule has 0 saturated carbocycles. The number of aliphatic carboxylic acids is 1. The highest BCUT2D eigenvalue weighted by Crippen LogP contribution is 2.31. The molecule has 2 rings (SSSR count). The van der Waals surface area contributed by atoms with E-state index in [1.165, 1.54) is 4.90 Å². The number of hydrogen-bond acceptors (Lipinski definition) is 2. The first-order valence-electron chi connectivity index (χ1n) is 4.97. The van der Waals surface area contributed by atoms with Crippen molar-refractivity contribution in [2.45, 2.75) is 6.42 Å². The quantitative estimate of drug-likeness (QED) is 0.911. The van der Waals surface area contributed by atoms with Crippen LogP contribution in [0.2, 0.25) is 5.02 Å². The SMILES string of the molecule is O=C(O)[C@@H]1CC(=O)N(c2ccc(Br)c(Cl)c2)C1. The Kier molecular flexibility index (Phi) is 3.40.